The van der Waals surface area contributed by atoms with Gasteiger partial charge >= 0.3 is 0 Å². The molecule has 0 radical (unpaired) electrons. The van der Waals surface area contributed by atoms with Crippen molar-refractivity contribution in [3.8, 4) is 0 Å². The standard InChI is InChI=1S/C26H21N3O2S/c30-25-24(32-26(31)28-25)16-18-11-12-23-22(15-18)27-17-29(23)14-13-21(19-7-3-1-4-8-19)20-9-5-2-6-10-20/h1-12,15-17,21H,13-14H2,(H,28,30,31)/b24-16-. The topological polar surface area (TPSA) is 64.0 Å². The number of hydrogen-bond acceptors (Lipinski definition) is 4. The molecule has 2 amide bonds. The lowest BCUT2D eigenvalue weighted by molar-refractivity contribution is -0.115. The summed E-state index contributed by atoms with van der Waals surface area (Å²) < 4.78 is 2.17. The normalized spacial score (nSPS) is 15.1. The van der Waals surface area contributed by atoms with E-state index in [4.69, 9.17) is 0 Å². The molecule has 0 bridgehead atoms. The van der Waals surface area contributed by atoms with Crippen molar-refractivity contribution in [3.63, 3.8) is 0 Å². The Morgan fingerprint density at radius 1 is 0.938 bits per heavy atom. The maximum Gasteiger partial charge on any atom is 0.290 e. The summed E-state index contributed by atoms with van der Waals surface area (Å²) in [6, 6.07) is 27.1. The van der Waals surface area contributed by atoms with Crippen molar-refractivity contribution >= 4 is 40.0 Å². The number of aryl methyl sites for hydroxylation is 1. The molecular weight excluding hydrogens is 418 g/mol. The molecule has 0 spiro atoms. The molecule has 2 heterocycles. The van der Waals surface area contributed by atoms with Gasteiger partial charge < -0.3 is 4.57 Å². The minimum atomic E-state index is -0.349. The minimum absolute atomic E-state index is 0.300. The quantitative estimate of drug-likeness (QED) is 0.398. The summed E-state index contributed by atoms with van der Waals surface area (Å²) in [5, 5.41) is 1.94. The van der Waals surface area contributed by atoms with Crippen molar-refractivity contribution in [2.75, 3.05) is 0 Å². The first-order valence-electron chi connectivity index (χ1n) is 10.5. The van der Waals surface area contributed by atoms with Crippen LogP contribution in [0.5, 0.6) is 0 Å². The van der Waals surface area contributed by atoms with Crippen molar-refractivity contribution in [3.05, 3.63) is 107 Å². The van der Waals surface area contributed by atoms with Crippen molar-refractivity contribution in [1.29, 1.82) is 0 Å². The van der Waals surface area contributed by atoms with Crippen LogP contribution in [0.1, 0.15) is 29.0 Å². The van der Waals surface area contributed by atoms with E-state index in [2.05, 4.69) is 63.4 Å². The summed E-state index contributed by atoms with van der Waals surface area (Å²) in [5.41, 5.74) is 5.37. The lowest BCUT2D eigenvalue weighted by atomic mass is 9.88. The van der Waals surface area contributed by atoms with E-state index in [9.17, 15) is 9.59 Å². The van der Waals surface area contributed by atoms with Crippen molar-refractivity contribution in [2.24, 2.45) is 0 Å². The summed E-state index contributed by atoms with van der Waals surface area (Å²) in [6.07, 6.45) is 4.55. The highest BCUT2D eigenvalue weighted by molar-refractivity contribution is 8.18. The molecular formula is C26H21N3O2S. The van der Waals surface area contributed by atoms with Crippen LogP contribution in [0, 0.1) is 0 Å². The van der Waals surface area contributed by atoms with E-state index in [0.717, 1.165) is 41.3 Å². The predicted octanol–water partition coefficient (Wildman–Crippen LogP) is 5.58. The Hall–Kier alpha value is -3.64. The van der Waals surface area contributed by atoms with Gasteiger partial charge in [0.15, 0.2) is 0 Å². The molecule has 32 heavy (non-hydrogen) atoms. The number of fused-ring (bicyclic) bond motifs is 1. The minimum Gasteiger partial charge on any atom is -0.331 e. The summed E-state index contributed by atoms with van der Waals surface area (Å²) in [6.45, 7) is 0.831. The number of nitrogens with one attached hydrogen (secondary N) is 1. The molecule has 3 aromatic carbocycles. The fourth-order valence-electron chi connectivity index (χ4n) is 4.09. The van der Waals surface area contributed by atoms with Crippen LogP contribution in [0.3, 0.4) is 0 Å². The number of hydrogen-bond donors (Lipinski definition) is 1. The Kier molecular flexibility index (Phi) is 5.60. The van der Waals surface area contributed by atoms with Gasteiger partial charge in [-0.1, -0.05) is 66.7 Å². The second-order valence-corrected chi connectivity index (χ2v) is 8.72. The largest absolute Gasteiger partial charge is 0.331 e. The molecule has 0 unspecified atom stereocenters. The van der Waals surface area contributed by atoms with Crippen LogP contribution < -0.4 is 5.32 Å². The second-order valence-electron chi connectivity index (χ2n) is 7.70. The lowest BCUT2D eigenvalue weighted by Gasteiger charge is -2.18. The van der Waals surface area contributed by atoms with Gasteiger partial charge in [-0.2, -0.15) is 0 Å². The number of aromatic nitrogens is 2. The van der Waals surface area contributed by atoms with E-state index < -0.39 is 0 Å². The van der Waals surface area contributed by atoms with E-state index in [1.165, 1.54) is 11.1 Å². The van der Waals surface area contributed by atoms with Crippen LogP contribution in [0.2, 0.25) is 0 Å². The average Bonchev–Trinajstić information content (AvgIpc) is 3.37. The first-order chi connectivity index (χ1) is 15.7. The number of carbonyl (C=O) groups is 2. The van der Waals surface area contributed by atoms with Crippen LogP contribution >= 0.6 is 11.8 Å². The molecule has 5 rings (SSSR count). The summed E-state index contributed by atoms with van der Waals surface area (Å²) in [7, 11) is 0. The third-order valence-corrected chi connectivity index (χ3v) is 6.46. The van der Waals surface area contributed by atoms with Gasteiger partial charge in [-0.3, -0.25) is 14.9 Å². The predicted molar refractivity (Wildman–Crippen MR) is 128 cm³/mol. The van der Waals surface area contributed by atoms with Crippen LogP contribution in [0.25, 0.3) is 17.1 Å². The number of benzene rings is 3. The maximum absolute atomic E-state index is 11.8. The number of imide groups is 1. The maximum atomic E-state index is 11.8. The Morgan fingerprint density at radius 3 is 2.25 bits per heavy atom. The van der Waals surface area contributed by atoms with Gasteiger partial charge in [-0.15, -0.1) is 0 Å². The second kappa shape index (κ2) is 8.85. The Bertz CT molecular complexity index is 1270. The average molecular weight is 440 g/mol. The van der Waals surface area contributed by atoms with Gasteiger partial charge in [0, 0.05) is 12.5 Å². The van der Waals surface area contributed by atoms with Gasteiger partial charge in [0.2, 0.25) is 0 Å². The van der Waals surface area contributed by atoms with Crippen LogP contribution in [-0.4, -0.2) is 20.7 Å². The molecule has 158 valence electrons. The molecule has 0 atom stereocenters. The summed E-state index contributed by atoms with van der Waals surface area (Å²) in [5.74, 6) is -0.0483. The molecule has 4 aromatic rings. The zero-order chi connectivity index (χ0) is 21.9. The molecule has 1 saturated heterocycles. The zero-order valence-electron chi connectivity index (χ0n) is 17.3. The van der Waals surface area contributed by atoms with Gasteiger partial charge in [-0.05, 0) is 53.1 Å². The SMILES string of the molecule is O=C1NC(=O)/C(=C/c2ccc3c(c2)ncn3CCC(c2ccccc2)c2ccccc2)S1. The number of carbonyl (C=O) groups excluding carboxylic acids is 2. The molecule has 6 heteroatoms. The summed E-state index contributed by atoms with van der Waals surface area (Å²) in [4.78, 5) is 28.2. The molecule has 0 saturated carbocycles. The number of amides is 2. The Balaban J connectivity index is 1.38. The first kappa shape index (κ1) is 20.3. The molecule has 1 fully saturated rings. The molecule has 1 aromatic heterocycles. The van der Waals surface area contributed by atoms with Crippen LogP contribution in [-0.2, 0) is 11.3 Å². The third-order valence-electron chi connectivity index (χ3n) is 5.65. The van der Waals surface area contributed by atoms with E-state index >= 15 is 0 Å². The highest BCUT2D eigenvalue weighted by Crippen LogP contribution is 2.30. The van der Waals surface area contributed by atoms with Gasteiger partial charge in [0.05, 0.1) is 22.3 Å². The first-order valence-corrected chi connectivity index (χ1v) is 11.3. The van der Waals surface area contributed by atoms with Crippen LogP contribution in [0.4, 0.5) is 4.79 Å². The van der Waals surface area contributed by atoms with E-state index in [0.29, 0.717) is 10.8 Å². The zero-order valence-corrected chi connectivity index (χ0v) is 18.1. The highest BCUT2D eigenvalue weighted by atomic mass is 32.2. The molecule has 1 N–H and O–H groups in total. The van der Waals surface area contributed by atoms with E-state index in [1.54, 1.807) is 6.08 Å². The Labute approximate surface area is 190 Å². The number of rotatable bonds is 6. The highest BCUT2D eigenvalue weighted by Gasteiger charge is 2.25. The lowest BCUT2D eigenvalue weighted by Crippen LogP contribution is -2.17. The molecule has 5 nitrogen and oxygen atoms in total. The van der Waals surface area contributed by atoms with Gasteiger partial charge in [0.1, 0.15) is 0 Å². The summed E-state index contributed by atoms with van der Waals surface area (Å²) >= 11 is 0.922. The van der Waals surface area contributed by atoms with Crippen molar-refractivity contribution < 1.29 is 9.59 Å². The number of imidazole rings is 1. The van der Waals surface area contributed by atoms with E-state index in [-0.39, 0.29) is 11.1 Å². The third kappa shape index (κ3) is 4.22. The smallest absolute Gasteiger partial charge is 0.290 e. The molecule has 1 aliphatic rings. The van der Waals surface area contributed by atoms with E-state index in [1.807, 2.05) is 36.7 Å². The Morgan fingerprint density at radius 2 is 1.62 bits per heavy atom. The van der Waals surface area contributed by atoms with Crippen LogP contribution in [0.15, 0.2) is 90.1 Å². The fraction of sp³-hybridized carbons (Fsp3) is 0.115. The van der Waals surface area contributed by atoms with Crippen molar-refractivity contribution in [2.45, 2.75) is 18.9 Å². The number of thioether (sulfide) groups is 1. The number of nitrogens with zero attached hydrogens (tertiary/aromatic N) is 2. The van der Waals surface area contributed by atoms with Gasteiger partial charge in [-0.25, -0.2) is 4.98 Å². The van der Waals surface area contributed by atoms with Gasteiger partial charge in [0.25, 0.3) is 11.1 Å². The fourth-order valence-corrected chi connectivity index (χ4v) is 4.77. The van der Waals surface area contributed by atoms with Crippen molar-refractivity contribution in [1.82, 2.24) is 14.9 Å². The monoisotopic (exact) mass is 439 g/mol. The molecule has 0 aliphatic carbocycles. The molecule has 1 aliphatic heterocycles.